The monoisotopic (exact) mass is 90.1 g/mol. The molecule has 3 heteroatoms. The van der Waals surface area contributed by atoms with E-state index < -0.39 is 0 Å². The predicted octanol–water partition coefficient (Wildman–Crippen LogP) is -0.558. The van der Waals surface area contributed by atoms with Crippen LogP contribution >= 0.6 is 0 Å². The SMILES string of the molecule is CNC(C)ON. The van der Waals surface area contributed by atoms with Crippen molar-refractivity contribution in [1.29, 1.82) is 0 Å². The van der Waals surface area contributed by atoms with E-state index in [1.165, 1.54) is 0 Å². The number of hydrogen-bond acceptors (Lipinski definition) is 3. The summed E-state index contributed by atoms with van der Waals surface area (Å²) in [5.74, 6) is 4.72. The van der Waals surface area contributed by atoms with Crippen LogP contribution in [0, 0.1) is 0 Å². The minimum atomic E-state index is -0.0370. The molecule has 0 aromatic rings. The van der Waals surface area contributed by atoms with Crippen molar-refractivity contribution in [2.24, 2.45) is 5.90 Å². The fourth-order valence-corrected chi connectivity index (χ4v) is 0.0680. The summed E-state index contributed by atoms with van der Waals surface area (Å²) < 4.78 is 0. The average Bonchev–Trinajstić information content (AvgIpc) is 1.65. The zero-order valence-electron chi connectivity index (χ0n) is 4.06. The van der Waals surface area contributed by atoms with Gasteiger partial charge in [-0.25, -0.2) is 5.90 Å². The maximum atomic E-state index is 4.72. The van der Waals surface area contributed by atoms with Crippen LogP contribution in [0.1, 0.15) is 6.92 Å². The normalized spacial score (nSPS) is 14.5. The highest BCUT2D eigenvalue weighted by Gasteiger charge is 1.87. The summed E-state index contributed by atoms with van der Waals surface area (Å²) in [7, 11) is 1.78. The van der Waals surface area contributed by atoms with Crippen molar-refractivity contribution in [3.63, 3.8) is 0 Å². The van der Waals surface area contributed by atoms with E-state index in [0.717, 1.165) is 0 Å². The van der Waals surface area contributed by atoms with Gasteiger partial charge in [-0.2, -0.15) is 0 Å². The second-order valence-corrected chi connectivity index (χ2v) is 1.07. The Morgan fingerprint density at radius 2 is 2.33 bits per heavy atom. The Labute approximate surface area is 37.4 Å². The summed E-state index contributed by atoms with van der Waals surface area (Å²) in [6, 6.07) is 0. The van der Waals surface area contributed by atoms with Gasteiger partial charge in [0.1, 0.15) is 6.23 Å². The van der Waals surface area contributed by atoms with E-state index in [1.54, 1.807) is 7.05 Å². The van der Waals surface area contributed by atoms with E-state index in [1.807, 2.05) is 6.92 Å². The summed E-state index contributed by atoms with van der Waals surface area (Å²) in [6.07, 6.45) is -0.0370. The largest absolute Gasteiger partial charge is 0.294 e. The summed E-state index contributed by atoms with van der Waals surface area (Å²) in [6.45, 7) is 1.82. The van der Waals surface area contributed by atoms with Crippen molar-refractivity contribution >= 4 is 0 Å². The van der Waals surface area contributed by atoms with Crippen LogP contribution in [-0.2, 0) is 4.84 Å². The van der Waals surface area contributed by atoms with Crippen LogP contribution in [0.5, 0.6) is 0 Å². The fraction of sp³-hybridized carbons (Fsp3) is 1.00. The number of hydrogen-bond donors (Lipinski definition) is 2. The van der Waals surface area contributed by atoms with E-state index in [4.69, 9.17) is 5.90 Å². The van der Waals surface area contributed by atoms with Gasteiger partial charge in [0.2, 0.25) is 0 Å². The standard InChI is InChI=1S/C3H10N2O/c1-3(5-2)6-4/h3,5H,4H2,1-2H3. The summed E-state index contributed by atoms with van der Waals surface area (Å²) >= 11 is 0. The lowest BCUT2D eigenvalue weighted by molar-refractivity contribution is 0.0482. The molecule has 0 aliphatic rings. The molecule has 6 heavy (non-hydrogen) atoms. The topological polar surface area (TPSA) is 47.3 Å². The molecule has 0 aromatic heterocycles. The molecule has 0 aliphatic heterocycles. The third kappa shape index (κ3) is 2.14. The van der Waals surface area contributed by atoms with Crippen molar-refractivity contribution in [1.82, 2.24) is 5.32 Å². The van der Waals surface area contributed by atoms with E-state index >= 15 is 0 Å². The molecule has 0 saturated heterocycles. The molecule has 0 bridgehead atoms. The smallest absolute Gasteiger partial charge is 0.126 e. The van der Waals surface area contributed by atoms with Crippen LogP contribution in [0.15, 0.2) is 0 Å². The van der Waals surface area contributed by atoms with E-state index in [0.29, 0.717) is 0 Å². The molecule has 0 fully saturated rings. The molecule has 1 atom stereocenters. The molecule has 0 aromatic carbocycles. The maximum absolute atomic E-state index is 4.72. The molecule has 0 spiro atoms. The van der Waals surface area contributed by atoms with Gasteiger partial charge < -0.3 is 0 Å². The van der Waals surface area contributed by atoms with Gasteiger partial charge in [0.25, 0.3) is 0 Å². The first-order chi connectivity index (χ1) is 2.81. The Kier molecular flexibility index (Phi) is 3.02. The molecule has 3 nitrogen and oxygen atoms in total. The minimum Gasteiger partial charge on any atom is -0.294 e. The molecular formula is C3H10N2O. The van der Waals surface area contributed by atoms with Gasteiger partial charge in [0.15, 0.2) is 0 Å². The van der Waals surface area contributed by atoms with Gasteiger partial charge in [-0.05, 0) is 14.0 Å². The van der Waals surface area contributed by atoms with Crippen LogP contribution in [0.3, 0.4) is 0 Å². The van der Waals surface area contributed by atoms with Crippen LogP contribution in [0.25, 0.3) is 0 Å². The number of nitrogens with two attached hydrogens (primary N) is 1. The molecule has 0 rings (SSSR count). The zero-order chi connectivity index (χ0) is 4.99. The van der Waals surface area contributed by atoms with Crippen LogP contribution in [-0.4, -0.2) is 13.3 Å². The average molecular weight is 90.1 g/mol. The predicted molar refractivity (Wildman–Crippen MR) is 23.8 cm³/mol. The third-order valence-electron chi connectivity index (χ3n) is 0.611. The van der Waals surface area contributed by atoms with Crippen molar-refractivity contribution < 1.29 is 4.84 Å². The second-order valence-electron chi connectivity index (χ2n) is 1.07. The highest BCUT2D eigenvalue weighted by atomic mass is 16.6. The van der Waals surface area contributed by atoms with Gasteiger partial charge in [0, 0.05) is 0 Å². The van der Waals surface area contributed by atoms with Gasteiger partial charge in [0.05, 0.1) is 0 Å². The van der Waals surface area contributed by atoms with Gasteiger partial charge in [-0.3, -0.25) is 10.2 Å². The first-order valence-electron chi connectivity index (χ1n) is 1.84. The summed E-state index contributed by atoms with van der Waals surface area (Å²) in [4.78, 5) is 4.29. The number of rotatable bonds is 2. The van der Waals surface area contributed by atoms with Crippen molar-refractivity contribution in [2.75, 3.05) is 7.05 Å². The molecule has 0 amide bonds. The van der Waals surface area contributed by atoms with Crippen LogP contribution in [0.2, 0.25) is 0 Å². The molecule has 3 N–H and O–H groups in total. The molecule has 0 heterocycles. The van der Waals surface area contributed by atoms with Crippen molar-refractivity contribution in [2.45, 2.75) is 13.2 Å². The zero-order valence-corrected chi connectivity index (χ0v) is 4.06. The number of nitrogens with one attached hydrogen (secondary N) is 1. The lowest BCUT2D eigenvalue weighted by Crippen LogP contribution is -2.27. The van der Waals surface area contributed by atoms with Gasteiger partial charge in [-0.15, -0.1) is 0 Å². The molecule has 38 valence electrons. The Hall–Kier alpha value is -0.120. The highest BCUT2D eigenvalue weighted by molar-refractivity contribution is 4.32. The molecule has 0 saturated carbocycles. The Morgan fingerprint density at radius 3 is 2.33 bits per heavy atom. The second kappa shape index (κ2) is 3.08. The van der Waals surface area contributed by atoms with E-state index in [-0.39, 0.29) is 6.23 Å². The van der Waals surface area contributed by atoms with Crippen molar-refractivity contribution in [3.8, 4) is 0 Å². The maximum Gasteiger partial charge on any atom is 0.126 e. The first kappa shape index (κ1) is 5.88. The lowest BCUT2D eigenvalue weighted by atomic mass is 10.7. The molecule has 0 aliphatic carbocycles. The third-order valence-corrected chi connectivity index (χ3v) is 0.611. The first-order valence-corrected chi connectivity index (χ1v) is 1.84. The van der Waals surface area contributed by atoms with Crippen LogP contribution < -0.4 is 11.2 Å². The van der Waals surface area contributed by atoms with Crippen molar-refractivity contribution in [3.05, 3.63) is 0 Å². The van der Waals surface area contributed by atoms with Gasteiger partial charge in [-0.1, -0.05) is 0 Å². The van der Waals surface area contributed by atoms with E-state index in [9.17, 15) is 0 Å². The summed E-state index contributed by atoms with van der Waals surface area (Å²) in [5.41, 5.74) is 0. The fourth-order valence-electron chi connectivity index (χ4n) is 0.0680. The summed E-state index contributed by atoms with van der Waals surface area (Å²) in [5, 5.41) is 2.77. The Balaban J connectivity index is 2.75. The quantitative estimate of drug-likeness (QED) is 0.353. The Morgan fingerprint density at radius 1 is 1.83 bits per heavy atom. The van der Waals surface area contributed by atoms with Gasteiger partial charge >= 0.3 is 0 Å². The molecular weight excluding hydrogens is 80.0 g/mol. The van der Waals surface area contributed by atoms with Crippen LogP contribution in [0.4, 0.5) is 0 Å². The van der Waals surface area contributed by atoms with E-state index in [2.05, 4.69) is 10.2 Å². The molecule has 0 radical (unpaired) electrons. The Bertz CT molecular complexity index is 28.0. The lowest BCUT2D eigenvalue weighted by Gasteiger charge is -2.02. The minimum absolute atomic E-state index is 0.0370. The highest BCUT2D eigenvalue weighted by Crippen LogP contribution is 1.69. The molecule has 1 unspecified atom stereocenters.